The van der Waals surface area contributed by atoms with Crippen LogP contribution >= 0.6 is 23.2 Å². The van der Waals surface area contributed by atoms with Crippen LogP contribution in [-0.4, -0.2) is 6.10 Å². The second kappa shape index (κ2) is 4.69. The van der Waals surface area contributed by atoms with Gasteiger partial charge in [-0.05, 0) is 25.1 Å². The van der Waals surface area contributed by atoms with Gasteiger partial charge < -0.3 is 4.74 Å². The molecular weight excluding hydrogens is 286 g/mol. The first-order valence-electron chi connectivity index (χ1n) is 5.99. The third-order valence-corrected chi connectivity index (χ3v) is 4.02. The average molecular weight is 297 g/mol. The van der Waals surface area contributed by atoms with Gasteiger partial charge >= 0.3 is 0 Å². The van der Waals surface area contributed by atoms with Crippen LogP contribution in [0.3, 0.4) is 0 Å². The molecule has 0 saturated heterocycles. The number of fused-ring (bicyclic) bond motifs is 1. The monoisotopic (exact) mass is 296 g/mol. The lowest BCUT2D eigenvalue weighted by atomic mass is 10.0. The fourth-order valence-electron chi connectivity index (χ4n) is 2.41. The number of ether oxygens (including phenoxy) is 1. The van der Waals surface area contributed by atoms with E-state index in [-0.39, 0.29) is 11.9 Å². The standard InChI is InChI=1S/C15H11Cl2FO/c1-8-5-9-6-10(18)7-12(15(9)19-8)11-3-2-4-13(16)14(11)17/h2-4,6-8H,5H2,1H3. The van der Waals surface area contributed by atoms with E-state index in [0.717, 1.165) is 5.56 Å². The molecule has 0 aromatic heterocycles. The molecule has 3 rings (SSSR count). The minimum atomic E-state index is -0.289. The van der Waals surface area contributed by atoms with Crippen molar-refractivity contribution in [2.45, 2.75) is 19.4 Å². The highest BCUT2D eigenvalue weighted by molar-refractivity contribution is 6.43. The van der Waals surface area contributed by atoms with Gasteiger partial charge in [0.1, 0.15) is 17.7 Å². The Hall–Kier alpha value is -1.25. The Morgan fingerprint density at radius 1 is 1.21 bits per heavy atom. The second-order valence-corrected chi connectivity index (χ2v) is 5.46. The summed E-state index contributed by atoms with van der Waals surface area (Å²) < 4.78 is 19.5. The van der Waals surface area contributed by atoms with Gasteiger partial charge in [0.2, 0.25) is 0 Å². The summed E-state index contributed by atoms with van der Waals surface area (Å²) in [6.07, 6.45) is 0.756. The van der Waals surface area contributed by atoms with E-state index in [1.165, 1.54) is 12.1 Å². The van der Waals surface area contributed by atoms with Gasteiger partial charge in [0.05, 0.1) is 10.0 Å². The largest absolute Gasteiger partial charge is 0.489 e. The first-order chi connectivity index (χ1) is 9.06. The molecule has 0 radical (unpaired) electrons. The smallest absolute Gasteiger partial charge is 0.131 e. The van der Waals surface area contributed by atoms with Crippen LogP contribution in [0.1, 0.15) is 12.5 Å². The SMILES string of the molecule is CC1Cc2cc(F)cc(-c3cccc(Cl)c3Cl)c2O1. The summed E-state index contributed by atoms with van der Waals surface area (Å²) in [6.45, 7) is 1.96. The van der Waals surface area contributed by atoms with E-state index in [1.807, 2.05) is 13.0 Å². The van der Waals surface area contributed by atoms with Crippen LogP contribution in [0, 0.1) is 5.82 Å². The molecular formula is C15H11Cl2FO. The number of hydrogen-bond donors (Lipinski definition) is 0. The second-order valence-electron chi connectivity index (χ2n) is 4.68. The molecule has 0 bridgehead atoms. The maximum Gasteiger partial charge on any atom is 0.131 e. The van der Waals surface area contributed by atoms with Crippen molar-refractivity contribution >= 4 is 23.2 Å². The van der Waals surface area contributed by atoms with Crippen LogP contribution in [0.4, 0.5) is 4.39 Å². The molecule has 1 aliphatic heterocycles. The highest BCUT2D eigenvalue weighted by Crippen LogP contribution is 2.43. The summed E-state index contributed by atoms with van der Waals surface area (Å²) in [5, 5.41) is 0.864. The van der Waals surface area contributed by atoms with Crippen molar-refractivity contribution in [3.8, 4) is 16.9 Å². The molecule has 2 aromatic rings. The third-order valence-electron chi connectivity index (χ3n) is 3.20. The van der Waals surface area contributed by atoms with Gasteiger partial charge in [-0.1, -0.05) is 35.3 Å². The van der Waals surface area contributed by atoms with Crippen molar-refractivity contribution in [2.24, 2.45) is 0 Å². The molecule has 1 unspecified atom stereocenters. The van der Waals surface area contributed by atoms with Gasteiger partial charge in [-0.25, -0.2) is 4.39 Å². The van der Waals surface area contributed by atoms with Crippen molar-refractivity contribution in [1.82, 2.24) is 0 Å². The Kier molecular flexibility index (Phi) is 3.15. The Bertz CT molecular complexity index is 655. The first kappa shape index (κ1) is 12.8. The molecule has 0 N–H and O–H groups in total. The molecule has 0 spiro atoms. The first-order valence-corrected chi connectivity index (χ1v) is 6.75. The summed E-state index contributed by atoms with van der Waals surface area (Å²) in [5.74, 6) is 0.417. The van der Waals surface area contributed by atoms with Crippen LogP contribution in [0.15, 0.2) is 30.3 Å². The maximum atomic E-state index is 13.7. The third kappa shape index (κ3) is 2.19. The van der Waals surface area contributed by atoms with Gasteiger partial charge in [0, 0.05) is 23.1 Å². The molecule has 4 heteroatoms. The summed E-state index contributed by atoms with van der Waals surface area (Å²) in [4.78, 5) is 0. The molecule has 1 aliphatic rings. The maximum absolute atomic E-state index is 13.7. The molecule has 0 amide bonds. The van der Waals surface area contributed by atoms with E-state index in [1.54, 1.807) is 12.1 Å². The number of hydrogen-bond acceptors (Lipinski definition) is 1. The Balaban J connectivity index is 2.24. The molecule has 0 aliphatic carbocycles. The molecule has 2 aromatic carbocycles. The zero-order valence-corrected chi connectivity index (χ0v) is 11.7. The Labute approximate surface area is 120 Å². The minimum Gasteiger partial charge on any atom is -0.489 e. The lowest BCUT2D eigenvalue weighted by Gasteiger charge is -2.12. The van der Waals surface area contributed by atoms with Gasteiger partial charge in [0.15, 0.2) is 0 Å². The minimum absolute atomic E-state index is 0.0495. The molecule has 19 heavy (non-hydrogen) atoms. The molecule has 1 heterocycles. The summed E-state index contributed by atoms with van der Waals surface area (Å²) in [7, 11) is 0. The number of benzene rings is 2. The lowest BCUT2D eigenvalue weighted by Crippen LogP contribution is -2.05. The van der Waals surface area contributed by atoms with Gasteiger partial charge in [-0.15, -0.1) is 0 Å². The predicted octanol–water partition coefficient (Wildman–Crippen LogP) is 5.12. The van der Waals surface area contributed by atoms with Crippen molar-refractivity contribution in [2.75, 3.05) is 0 Å². The van der Waals surface area contributed by atoms with Gasteiger partial charge in [0.25, 0.3) is 0 Å². The lowest BCUT2D eigenvalue weighted by molar-refractivity contribution is 0.255. The van der Waals surface area contributed by atoms with Gasteiger partial charge in [-0.3, -0.25) is 0 Å². The van der Waals surface area contributed by atoms with Gasteiger partial charge in [-0.2, -0.15) is 0 Å². The van der Waals surface area contributed by atoms with Crippen molar-refractivity contribution in [1.29, 1.82) is 0 Å². The predicted molar refractivity (Wildman–Crippen MR) is 75.7 cm³/mol. The number of halogens is 3. The number of rotatable bonds is 1. The molecule has 1 nitrogen and oxygen atoms in total. The van der Waals surface area contributed by atoms with Crippen LogP contribution in [-0.2, 0) is 6.42 Å². The Morgan fingerprint density at radius 2 is 2.00 bits per heavy atom. The zero-order valence-electron chi connectivity index (χ0n) is 10.2. The molecule has 98 valence electrons. The van der Waals surface area contributed by atoms with Crippen molar-refractivity contribution in [3.63, 3.8) is 0 Å². The molecule has 0 fully saturated rings. The Morgan fingerprint density at radius 3 is 2.79 bits per heavy atom. The normalized spacial score (nSPS) is 17.2. The van der Waals surface area contributed by atoms with Crippen LogP contribution in [0.5, 0.6) is 5.75 Å². The highest BCUT2D eigenvalue weighted by atomic mass is 35.5. The van der Waals surface area contributed by atoms with E-state index in [9.17, 15) is 4.39 Å². The zero-order chi connectivity index (χ0) is 13.6. The van der Waals surface area contributed by atoms with Crippen LogP contribution < -0.4 is 4.74 Å². The quantitative estimate of drug-likeness (QED) is 0.709. The van der Waals surface area contributed by atoms with E-state index in [4.69, 9.17) is 27.9 Å². The molecule has 0 saturated carbocycles. The fourth-order valence-corrected chi connectivity index (χ4v) is 2.81. The topological polar surface area (TPSA) is 9.23 Å². The van der Waals surface area contributed by atoms with E-state index >= 15 is 0 Å². The molecule has 1 atom stereocenters. The fraction of sp³-hybridized carbons (Fsp3) is 0.200. The van der Waals surface area contributed by atoms with E-state index in [0.29, 0.717) is 33.3 Å². The van der Waals surface area contributed by atoms with E-state index in [2.05, 4.69) is 0 Å². The summed E-state index contributed by atoms with van der Waals surface area (Å²) in [5.41, 5.74) is 2.23. The van der Waals surface area contributed by atoms with E-state index < -0.39 is 0 Å². The summed E-state index contributed by atoms with van der Waals surface area (Å²) >= 11 is 12.2. The van der Waals surface area contributed by atoms with Crippen molar-refractivity contribution in [3.05, 3.63) is 51.8 Å². The average Bonchev–Trinajstić information content (AvgIpc) is 2.72. The highest BCUT2D eigenvalue weighted by Gasteiger charge is 2.25. The van der Waals surface area contributed by atoms with Crippen LogP contribution in [0.2, 0.25) is 10.0 Å². The summed E-state index contributed by atoms with van der Waals surface area (Å²) in [6, 6.07) is 8.26. The van der Waals surface area contributed by atoms with Crippen molar-refractivity contribution < 1.29 is 9.13 Å². The van der Waals surface area contributed by atoms with Crippen LogP contribution in [0.25, 0.3) is 11.1 Å².